The lowest BCUT2D eigenvalue weighted by molar-refractivity contribution is -0.132. The molecule has 5 N–H and O–H groups in total. The van der Waals surface area contributed by atoms with Crippen LogP contribution < -0.4 is 26.6 Å². The number of rotatable bonds is 14. The molecule has 0 unspecified atom stereocenters. The molecule has 194 valence electrons. The van der Waals surface area contributed by atoms with E-state index in [2.05, 4.69) is 26.6 Å². The van der Waals surface area contributed by atoms with Gasteiger partial charge in [-0.1, -0.05) is 51.1 Å². The Labute approximate surface area is 211 Å². The molecule has 0 aliphatic carbocycles. The summed E-state index contributed by atoms with van der Waals surface area (Å²) in [5, 5.41) is 12.1. The fourth-order valence-electron chi connectivity index (χ4n) is 2.61. The van der Waals surface area contributed by atoms with Crippen LogP contribution in [0.2, 0.25) is 0 Å². The molecule has 5 amide bonds. The molecule has 13 heteroatoms. The molecule has 0 bridgehead atoms. The summed E-state index contributed by atoms with van der Waals surface area (Å²) in [4.78, 5) is 71.3. The van der Waals surface area contributed by atoms with Crippen LogP contribution in [-0.4, -0.2) is 82.1 Å². The monoisotopic (exact) mass is 501 g/mol. The summed E-state index contributed by atoms with van der Waals surface area (Å²) in [5.41, 5.74) is -0.595. The van der Waals surface area contributed by atoms with Crippen LogP contribution in [-0.2, 0) is 39.9 Å². The zero-order chi connectivity index (χ0) is 27.1. The van der Waals surface area contributed by atoms with E-state index in [1.54, 1.807) is 51.1 Å². The van der Waals surface area contributed by atoms with E-state index in [1.165, 1.54) is 0 Å². The largest absolute Gasteiger partial charge is 0.355 e. The van der Waals surface area contributed by atoms with Crippen LogP contribution in [0.3, 0.4) is 0 Å². The number of carbonyl (C=O) groups is 6. The van der Waals surface area contributed by atoms with E-state index < -0.39 is 53.9 Å². The highest BCUT2D eigenvalue weighted by atomic mass is 16.5. The highest BCUT2D eigenvalue weighted by Crippen LogP contribution is 2.11. The van der Waals surface area contributed by atoms with Crippen LogP contribution in [0.1, 0.15) is 26.3 Å². The number of hydrogen-bond donors (Lipinski definition) is 5. The molecular formula is C23H32BN5O7. The van der Waals surface area contributed by atoms with E-state index in [-0.39, 0.29) is 32.2 Å². The molecule has 1 rings (SSSR count). The molecule has 12 nitrogen and oxygen atoms in total. The third kappa shape index (κ3) is 13.2. The van der Waals surface area contributed by atoms with E-state index in [4.69, 9.17) is 12.6 Å². The van der Waals surface area contributed by atoms with Gasteiger partial charge in [0.1, 0.15) is 18.5 Å². The molecule has 0 saturated heterocycles. The Bertz CT molecular complexity index is 935. The quantitative estimate of drug-likeness (QED) is 0.110. The van der Waals surface area contributed by atoms with Crippen molar-refractivity contribution in [3.63, 3.8) is 0 Å². The van der Waals surface area contributed by atoms with E-state index in [0.29, 0.717) is 0 Å². The molecule has 36 heavy (non-hydrogen) atoms. The minimum Gasteiger partial charge on any atom is -0.355 e. The molecule has 0 heterocycles. The van der Waals surface area contributed by atoms with Gasteiger partial charge in [0.05, 0.1) is 26.2 Å². The van der Waals surface area contributed by atoms with Gasteiger partial charge in [-0.15, -0.1) is 0 Å². The smallest absolute Gasteiger partial charge is 0.243 e. The Balaban J connectivity index is 2.59. The summed E-state index contributed by atoms with van der Waals surface area (Å²) in [6.07, 6.45) is 0.136. The van der Waals surface area contributed by atoms with Gasteiger partial charge in [-0.05, 0) is 5.56 Å². The number of benzene rings is 1. The normalized spacial score (nSPS) is 11.5. The van der Waals surface area contributed by atoms with E-state index in [1.807, 2.05) is 0 Å². The van der Waals surface area contributed by atoms with E-state index in [0.717, 1.165) is 5.56 Å². The molecule has 0 saturated carbocycles. The van der Waals surface area contributed by atoms with Gasteiger partial charge in [-0.25, -0.2) is 0 Å². The van der Waals surface area contributed by atoms with Crippen molar-refractivity contribution in [1.29, 1.82) is 0 Å². The Morgan fingerprint density at radius 3 is 2.03 bits per heavy atom. The van der Waals surface area contributed by atoms with E-state index >= 15 is 0 Å². The highest BCUT2D eigenvalue weighted by molar-refractivity contribution is 6.58. The first kappa shape index (κ1) is 30.3. The summed E-state index contributed by atoms with van der Waals surface area (Å²) in [6.45, 7) is 3.36. The number of nitrogens with one attached hydrogen (secondary N) is 5. The van der Waals surface area contributed by atoms with E-state index in [9.17, 15) is 28.8 Å². The zero-order valence-corrected chi connectivity index (χ0v) is 20.6. The third-order valence-corrected chi connectivity index (χ3v) is 4.51. The van der Waals surface area contributed by atoms with Crippen LogP contribution in [0.5, 0.6) is 0 Å². The van der Waals surface area contributed by atoms with Crippen molar-refractivity contribution >= 4 is 43.1 Å². The molecule has 0 aliphatic rings. The van der Waals surface area contributed by atoms with Crippen molar-refractivity contribution < 1.29 is 33.5 Å². The van der Waals surface area contributed by atoms with Gasteiger partial charge in [-0.3, -0.25) is 24.0 Å². The predicted octanol–water partition coefficient (Wildman–Crippen LogP) is -2.11. The van der Waals surface area contributed by atoms with Crippen molar-refractivity contribution in [2.75, 3.05) is 33.0 Å². The van der Waals surface area contributed by atoms with Crippen molar-refractivity contribution in [1.82, 2.24) is 26.6 Å². The van der Waals surface area contributed by atoms with Crippen LogP contribution in [0.25, 0.3) is 0 Å². The van der Waals surface area contributed by atoms with Gasteiger partial charge in [0, 0.05) is 11.8 Å². The first-order valence-corrected chi connectivity index (χ1v) is 11.2. The summed E-state index contributed by atoms with van der Waals surface area (Å²) in [7, 11) is 4.92. The van der Waals surface area contributed by atoms with Crippen LogP contribution in [0.15, 0.2) is 30.3 Å². The lowest BCUT2D eigenvalue weighted by Crippen LogP contribution is -2.52. The Morgan fingerprint density at radius 2 is 1.42 bits per heavy atom. The van der Waals surface area contributed by atoms with Crippen LogP contribution in [0.4, 0.5) is 0 Å². The van der Waals surface area contributed by atoms with Gasteiger partial charge in [0.15, 0.2) is 7.85 Å². The Morgan fingerprint density at radius 1 is 0.833 bits per heavy atom. The van der Waals surface area contributed by atoms with Crippen LogP contribution in [0, 0.1) is 5.41 Å². The van der Waals surface area contributed by atoms with Crippen molar-refractivity contribution in [3.05, 3.63) is 35.9 Å². The number of hydrogen-bond acceptors (Lipinski definition) is 7. The molecule has 1 aromatic rings. The Kier molecular flexibility index (Phi) is 12.9. The highest BCUT2D eigenvalue weighted by Gasteiger charge is 2.23. The topological polar surface area (TPSA) is 172 Å². The third-order valence-electron chi connectivity index (χ3n) is 4.51. The van der Waals surface area contributed by atoms with Gasteiger partial charge < -0.3 is 36.1 Å². The summed E-state index contributed by atoms with van der Waals surface area (Å²) < 4.78 is 4.81. The summed E-state index contributed by atoms with van der Waals surface area (Å²) in [6, 6.07) is 7.87. The molecule has 0 fully saturated rings. The standard InChI is InChI=1S/C23H32BN5O7/c1-23(2,3)22(35)27-11-18(31)25-12-20(33)29-16(9-15-7-5-4-6-8-15)21(34)26-10-19(32)28-14-36-13-17(24)30/h4-8,16H,9-14H2,1-3H3,(H,25,31)(H,26,34)(H,27,35)(H,28,32)(H,29,33)/t16-/m0/s1. The minimum absolute atomic E-state index is 0.136. The maximum absolute atomic E-state index is 12.7. The van der Waals surface area contributed by atoms with Gasteiger partial charge in [-0.2, -0.15) is 0 Å². The SMILES string of the molecule is [B]C(=O)COCNC(=O)CNC(=O)[C@H](Cc1ccccc1)NC(=O)CNC(=O)CNC(=O)C(C)(C)C. The second-order valence-corrected chi connectivity index (χ2v) is 8.80. The van der Waals surface area contributed by atoms with Gasteiger partial charge >= 0.3 is 0 Å². The van der Waals surface area contributed by atoms with Crippen LogP contribution >= 0.6 is 0 Å². The first-order chi connectivity index (χ1) is 16.9. The average Bonchev–Trinajstić information content (AvgIpc) is 2.81. The molecule has 2 radical (unpaired) electrons. The van der Waals surface area contributed by atoms with Gasteiger partial charge in [0.2, 0.25) is 29.5 Å². The molecule has 1 atom stereocenters. The second kappa shape index (κ2) is 15.3. The lowest BCUT2D eigenvalue weighted by atomic mass is 9.96. The van der Waals surface area contributed by atoms with Crippen molar-refractivity contribution in [2.45, 2.75) is 33.2 Å². The number of carbonyl (C=O) groups excluding carboxylic acids is 6. The molecule has 0 spiro atoms. The first-order valence-electron chi connectivity index (χ1n) is 11.2. The average molecular weight is 501 g/mol. The lowest BCUT2D eigenvalue weighted by Gasteiger charge is -2.19. The van der Waals surface area contributed by atoms with Crippen molar-refractivity contribution in [2.24, 2.45) is 5.41 Å². The summed E-state index contributed by atoms with van der Waals surface area (Å²) in [5.74, 6) is -2.72. The maximum atomic E-state index is 12.7. The molecule has 0 aromatic heterocycles. The predicted molar refractivity (Wildman–Crippen MR) is 130 cm³/mol. The second-order valence-electron chi connectivity index (χ2n) is 8.80. The zero-order valence-electron chi connectivity index (χ0n) is 20.6. The number of ether oxygens (including phenoxy) is 1. The Hall–Kier alpha value is -3.74. The maximum Gasteiger partial charge on any atom is 0.243 e. The minimum atomic E-state index is -1.03. The molecule has 1 aromatic carbocycles. The van der Waals surface area contributed by atoms with Gasteiger partial charge in [0.25, 0.3) is 0 Å². The fraction of sp³-hybridized carbons (Fsp3) is 0.478. The number of amides is 5. The molecular weight excluding hydrogens is 469 g/mol. The molecule has 0 aliphatic heterocycles. The van der Waals surface area contributed by atoms with Crippen molar-refractivity contribution in [3.8, 4) is 0 Å². The summed E-state index contributed by atoms with van der Waals surface area (Å²) >= 11 is 0. The fourth-order valence-corrected chi connectivity index (χ4v) is 2.61.